The van der Waals surface area contributed by atoms with E-state index < -0.39 is 12.0 Å². The average molecular weight is 317 g/mol. The number of carboxylic acid groups (broad SMARTS) is 1. The normalized spacial score (nSPS) is 21.5. The lowest BCUT2D eigenvalue weighted by Gasteiger charge is -2.36. The van der Waals surface area contributed by atoms with E-state index in [4.69, 9.17) is 0 Å². The first-order chi connectivity index (χ1) is 11.0. The Kier molecular flexibility index (Phi) is 3.94. The number of nitrogens with one attached hydrogen (secondary N) is 1. The van der Waals surface area contributed by atoms with Crippen molar-refractivity contribution in [1.82, 2.24) is 14.5 Å². The molecular formula is C16H19N3O4. The van der Waals surface area contributed by atoms with Crippen molar-refractivity contribution in [2.45, 2.75) is 32.4 Å². The van der Waals surface area contributed by atoms with Crippen LogP contribution in [0.1, 0.15) is 19.8 Å². The molecule has 1 aliphatic heterocycles. The van der Waals surface area contributed by atoms with Crippen LogP contribution in [-0.4, -0.2) is 44.0 Å². The zero-order chi connectivity index (χ0) is 16.6. The SMILES string of the molecule is CC1CCN(C(=O)Cn2c(=O)[nH]c3ccccc32)C(C(=O)O)C1. The number of nitrogens with zero attached hydrogens (tertiary/aromatic N) is 2. The molecule has 1 saturated heterocycles. The molecule has 0 radical (unpaired) electrons. The van der Waals surface area contributed by atoms with Gasteiger partial charge in [0.1, 0.15) is 12.6 Å². The summed E-state index contributed by atoms with van der Waals surface area (Å²) in [6, 6.07) is 6.30. The van der Waals surface area contributed by atoms with E-state index in [0.29, 0.717) is 24.0 Å². The lowest BCUT2D eigenvalue weighted by Crippen LogP contribution is -2.51. The summed E-state index contributed by atoms with van der Waals surface area (Å²) in [6.07, 6.45) is 1.22. The standard InChI is InChI=1S/C16H19N3O4/c1-10-6-7-18(13(8-10)15(21)22)14(20)9-19-12-5-3-2-4-11(12)17-16(19)23/h2-5,10,13H,6-9H2,1H3,(H,17,23)(H,21,22). The Morgan fingerprint density at radius 3 is 2.83 bits per heavy atom. The number of para-hydroxylation sites is 2. The summed E-state index contributed by atoms with van der Waals surface area (Å²) in [5.41, 5.74) is 0.937. The van der Waals surface area contributed by atoms with E-state index in [1.54, 1.807) is 24.3 Å². The van der Waals surface area contributed by atoms with Crippen LogP contribution in [0.25, 0.3) is 11.0 Å². The van der Waals surface area contributed by atoms with E-state index in [-0.39, 0.29) is 24.1 Å². The van der Waals surface area contributed by atoms with Gasteiger partial charge in [-0.1, -0.05) is 19.1 Å². The van der Waals surface area contributed by atoms with Crippen molar-refractivity contribution < 1.29 is 14.7 Å². The van der Waals surface area contributed by atoms with E-state index in [9.17, 15) is 19.5 Å². The maximum absolute atomic E-state index is 12.6. The lowest BCUT2D eigenvalue weighted by atomic mass is 9.92. The van der Waals surface area contributed by atoms with Crippen LogP contribution in [0.3, 0.4) is 0 Å². The highest BCUT2D eigenvalue weighted by atomic mass is 16.4. The minimum absolute atomic E-state index is 0.152. The van der Waals surface area contributed by atoms with E-state index in [0.717, 1.165) is 6.42 Å². The molecule has 23 heavy (non-hydrogen) atoms. The van der Waals surface area contributed by atoms with Crippen LogP contribution in [0.15, 0.2) is 29.1 Å². The molecule has 1 fully saturated rings. The number of rotatable bonds is 3. The lowest BCUT2D eigenvalue weighted by molar-refractivity contribution is -0.153. The average Bonchev–Trinajstić information content (AvgIpc) is 2.83. The maximum atomic E-state index is 12.6. The summed E-state index contributed by atoms with van der Waals surface area (Å²) in [4.78, 5) is 40.1. The molecular weight excluding hydrogens is 298 g/mol. The van der Waals surface area contributed by atoms with Gasteiger partial charge in [-0.25, -0.2) is 9.59 Å². The topological polar surface area (TPSA) is 95.4 Å². The number of aromatic nitrogens is 2. The number of likely N-dealkylation sites (tertiary alicyclic amines) is 1. The van der Waals surface area contributed by atoms with Crippen LogP contribution in [0.2, 0.25) is 0 Å². The van der Waals surface area contributed by atoms with Gasteiger partial charge in [0, 0.05) is 6.54 Å². The second-order valence-corrected chi connectivity index (χ2v) is 6.10. The third kappa shape index (κ3) is 2.86. The molecule has 1 aromatic carbocycles. The Morgan fingerprint density at radius 1 is 1.35 bits per heavy atom. The fourth-order valence-corrected chi connectivity index (χ4v) is 3.16. The number of aromatic amines is 1. The van der Waals surface area contributed by atoms with Crippen molar-refractivity contribution >= 4 is 22.9 Å². The molecule has 0 saturated carbocycles. The van der Waals surface area contributed by atoms with Crippen molar-refractivity contribution in [3.63, 3.8) is 0 Å². The Hall–Kier alpha value is -2.57. The number of imidazole rings is 1. The smallest absolute Gasteiger partial charge is 0.326 e. The summed E-state index contributed by atoms with van der Waals surface area (Å²) < 4.78 is 1.36. The largest absolute Gasteiger partial charge is 0.480 e. The highest BCUT2D eigenvalue weighted by Crippen LogP contribution is 2.23. The van der Waals surface area contributed by atoms with Gasteiger partial charge in [-0.15, -0.1) is 0 Å². The summed E-state index contributed by atoms with van der Waals surface area (Å²) in [5.74, 6) is -1.05. The number of aliphatic carboxylic acids is 1. The summed E-state index contributed by atoms with van der Waals surface area (Å²) >= 11 is 0. The summed E-state index contributed by atoms with van der Waals surface area (Å²) in [6.45, 7) is 2.25. The fraction of sp³-hybridized carbons (Fsp3) is 0.438. The van der Waals surface area contributed by atoms with Gasteiger partial charge >= 0.3 is 11.7 Å². The molecule has 7 heteroatoms. The number of H-pyrrole nitrogens is 1. The van der Waals surface area contributed by atoms with E-state index in [1.165, 1.54) is 9.47 Å². The number of carboxylic acids is 1. The van der Waals surface area contributed by atoms with Crippen LogP contribution in [-0.2, 0) is 16.1 Å². The molecule has 1 aromatic heterocycles. The minimum Gasteiger partial charge on any atom is -0.480 e. The third-order valence-electron chi connectivity index (χ3n) is 4.45. The predicted molar refractivity (Wildman–Crippen MR) is 84.1 cm³/mol. The molecule has 2 aromatic rings. The molecule has 2 heterocycles. The number of piperidine rings is 1. The van der Waals surface area contributed by atoms with Crippen LogP contribution in [0, 0.1) is 5.92 Å². The van der Waals surface area contributed by atoms with Crippen molar-refractivity contribution in [2.75, 3.05) is 6.54 Å². The predicted octanol–water partition coefficient (Wildman–Crippen LogP) is 1.04. The first-order valence-corrected chi connectivity index (χ1v) is 7.67. The molecule has 1 aliphatic rings. The quantitative estimate of drug-likeness (QED) is 0.884. The molecule has 1 amide bonds. The van der Waals surface area contributed by atoms with Gasteiger partial charge in [0.2, 0.25) is 5.91 Å². The third-order valence-corrected chi connectivity index (χ3v) is 4.45. The molecule has 7 nitrogen and oxygen atoms in total. The second kappa shape index (κ2) is 5.91. The molecule has 2 atom stereocenters. The highest BCUT2D eigenvalue weighted by Gasteiger charge is 2.34. The number of amides is 1. The molecule has 3 rings (SSSR count). The maximum Gasteiger partial charge on any atom is 0.326 e. The molecule has 0 bridgehead atoms. The van der Waals surface area contributed by atoms with Gasteiger partial charge in [0.05, 0.1) is 11.0 Å². The second-order valence-electron chi connectivity index (χ2n) is 6.10. The van der Waals surface area contributed by atoms with Crippen LogP contribution < -0.4 is 5.69 Å². The number of carbonyl (C=O) groups excluding carboxylic acids is 1. The highest BCUT2D eigenvalue weighted by molar-refractivity contribution is 5.85. The Bertz CT molecular complexity index is 807. The van der Waals surface area contributed by atoms with Crippen LogP contribution >= 0.6 is 0 Å². The van der Waals surface area contributed by atoms with Crippen molar-refractivity contribution in [2.24, 2.45) is 5.92 Å². The van der Waals surface area contributed by atoms with Gasteiger partial charge in [-0.3, -0.25) is 9.36 Å². The Labute approximate surface area is 132 Å². The zero-order valence-electron chi connectivity index (χ0n) is 12.9. The van der Waals surface area contributed by atoms with Crippen molar-refractivity contribution in [3.8, 4) is 0 Å². The molecule has 2 N–H and O–H groups in total. The number of hydrogen-bond acceptors (Lipinski definition) is 3. The van der Waals surface area contributed by atoms with E-state index >= 15 is 0 Å². The minimum atomic E-state index is -0.990. The fourth-order valence-electron chi connectivity index (χ4n) is 3.16. The molecule has 122 valence electrons. The van der Waals surface area contributed by atoms with E-state index in [2.05, 4.69) is 4.98 Å². The molecule has 0 spiro atoms. The van der Waals surface area contributed by atoms with Crippen LogP contribution in [0.5, 0.6) is 0 Å². The molecule has 0 aliphatic carbocycles. The first-order valence-electron chi connectivity index (χ1n) is 7.67. The van der Waals surface area contributed by atoms with Gasteiger partial charge < -0.3 is 15.0 Å². The Balaban J connectivity index is 1.87. The van der Waals surface area contributed by atoms with Gasteiger partial charge in [-0.2, -0.15) is 0 Å². The van der Waals surface area contributed by atoms with Gasteiger partial charge in [-0.05, 0) is 30.9 Å². The van der Waals surface area contributed by atoms with Crippen molar-refractivity contribution in [3.05, 3.63) is 34.7 Å². The zero-order valence-corrected chi connectivity index (χ0v) is 12.9. The summed E-state index contributed by atoms with van der Waals surface area (Å²) in [5, 5.41) is 9.36. The number of hydrogen-bond donors (Lipinski definition) is 2. The van der Waals surface area contributed by atoms with Gasteiger partial charge in [0.25, 0.3) is 0 Å². The van der Waals surface area contributed by atoms with Gasteiger partial charge in [0.15, 0.2) is 0 Å². The summed E-state index contributed by atoms with van der Waals surface area (Å²) in [7, 11) is 0. The van der Waals surface area contributed by atoms with E-state index in [1.807, 2.05) is 6.92 Å². The monoisotopic (exact) mass is 317 g/mol. The number of fused-ring (bicyclic) bond motifs is 1. The van der Waals surface area contributed by atoms with Crippen LogP contribution in [0.4, 0.5) is 0 Å². The first kappa shape index (κ1) is 15.3. The Morgan fingerprint density at radius 2 is 2.09 bits per heavy atom. The van der Waals surface area contributed by atoms with Crippen molar-refractivity contribution in [1.29, 1.82) is 0 Å². The molecule has 2 unspecified atom stereocenters. The number of benzene rings is 1. The number of carbonyl (C=O) groups is 2.